The maximum absolute atomic E-state index is 13.0. The number of nitrogens with one attached hydrogen (secondary N) is 1. The molecular weight excluding hydrogens is 384 g/mol. The predicted octanol–water partition coefficient (Wildman–Crippen LogP) is 5.44. The molecule has 4 aromatic rings. The molecule has 1 amide bonds. The topological polar surface area (TPSA) is 45.3 Å². The van der Waals surface area contributed by atoms with E-state index in [2.05, 4.69) is 36.2 Å². The first kappa shape index (κ1) is 19.4. The molecule has 4 heteroatoms. The van der Waals surface area contributed by atoms with Gasteiger partial charge < -0.3 is 14.6 Å². The molecule has 1 unspecified atom stereocenters. The molecule has 2 heterocycles. The molecule has 1 aromatic heterocycles. The number of rotatable bonds is 5. The highest BCUT2D eigenvalue weighted by Crippen LogP contribution is 2.36. The summed E-state index contributed by atoms with van der Waals surface area (Å²) in [5.41, 5.74) is 5.75. The first-order chi connectivity index (χ1) is 15.2. The molecule has 0 fully saturated rings. The molecule has 5 rings (SSSR count). The van der Waals surface area contributed by atoms with Crippen LogP contribution in [0.1, 0.15) is 35.3 Å². The standard InChI is InChI=1S/C27H26N2O2/c1-19-27-23(14-15-29(19)26(30)16-20-8-4-2-5-9-20)24-17-22(12-13-25(24)28-27)31-18-21-10-6-3-7-11-21/h2-13,17,19,28H,14-16,18H2,1H3. The van der Waals surface area contributed by atoms with Crippen LogP contribution in [0.2, 0.25) is 0 Å². The van der Waals surface area contributed by atoms with Gasteiger partial charge in [0.1, 0.15) is 12.4 Å². The van der Waals surface area contributed by atoms with Gasteiger partial charge in [0.2, 0.25) is 5.91 Å². The number of fused-ring (bicyclic) bond motifs is 3. The van der Waals surface area contributed by atoms with Gasteiger partial charge in [-0.2, -0.15) is 0 Å². The van der Waals surface area contributed by atoms with Crippen LogP contribution in [0.25, 0.3) is 10.9 Å². The van der Waals surface area contributed by atoms with Crippen LogP contribution in [0, 0.1) is 0 Å². The lowest BCUT2D eigenvalue weighted by molar-refractivity contribution is -0.133. The van der Waals surface area contributed by atoms with Gasteiger partial charge in [-0.3, -0.25) is 4.79 Å². The number of carbonyl (C=O) groups excluding carboxylic acids is 1. The summed E-state index contributed by atoms with van der Waals surface area (Å²) in [4.78, 5) is 18.5. The van der Waals surface area contributed by atoms with Crippen molar-refractivity contribution in [3.05, 3.63) is 101 Å². The Kier molecular flexibility index (Phi) is 5.21. The van der Waals surface area contributed by atoms with Crippen LogP contribution in [0.15, 0.2) is 78.9 Å². The van der Waals surface area contributed by atoms with Gasteiger partial charge in [0.25, 0.3) is 0 Å². The monoisotopic (exact) mass is 410 g/mol. The smallest absolute Gasteiger partial charge is 0.227 e. The van der Waals surface area contributed by atoms with Crippen molar-refractivity contribution in [3.8, 4) is 5.75 Å². The van der Waals surface area contributed by atoms with E-state index in [9.17, 15) is 4.79 Å². The number of hydrogen-bond acceptors (Lipinski definition) is 2. The summed E-state index contributed by atoms with van der Waals surface area (Å²) in [7, 11) is 0. The number of benzene rings is 3. The Bertz CT molecular complexity index is 1200. The lowest BCUT2D eigenvalue weighted by Gasteiger charge is -2.33. The quantitative estimate of drug-likeness (QED) is 0.476. The van der Waals surface area contributed by atoms with Crippen molar-refractivity contribution >= 4 is 16.8 Å². The fourth-order valence-corrected chi connectivity index (χ4v) is 4.50. The SMILES string of the molecule is CC1c2[nH]c3ccc(OCc4ccccc4)cc3c2CCN1C(=O)Cc1ccccc1. The number of ether oxygens (including phenoxy) is 1. The van der Waals surface area contributed by atoms with E-state index in [4.69, 9.17) is 4.74 Å². The zero-order valence-corrected chi connectivity index (χ0v) is 17.7. The third-order valence-electron chi connectivity index (χ3n) is 6.17. The van der Waals surface area contributed by atoms with Gasteiger partial charge in [0.05, 0.1) is 12.5 Å². The summed E-state index contributed by atoms with van der Waals surface area (Å²) in [6.45, 7) is 3.40. The number of aromatic nitrogens is 1. The minimum Gasteiger partial charge on any atom is -0.489 e. The van der Waals surface area contributed by atoms with Crippen molar-refractivity contribution in [1.82, 2.24) is 9.88 Å². The number of H-pyrrole nitrogens is 1. The summed E-state index contributed by atoms with van der Waals surface area (Å²) in [5, 5.41) is 1.20. The molecule has 156 valence electrons. The van der Waals surface area contributed by atoms with Gasteiger partial charge in [-0.05, 0) is 48.2 Å². The molecule has 0 aliphatic carbocycles. The van der Waals surface area contributed by atoms with E-state index in [0.29, 0.717) is 13.0 Å². The third-order valence-corrected chi connectivity index (χ3v) is 6.17. The zero-order chi connectivity index (χ0) is 21.2. The molecule has 1 aliphatic heterocycles. The minimum absolute atomic E-state index is 0.0287. The molecule has 1 N–H and O–H groups in total. The third kappa shape index (κ3) is 3.93. The molecule has 0 saturated carbocycles. The minimum atomic E-state index is 0.0287. The fourth-order valence-electron chi connectivity index (χ4n) is 4.50. The zero-order valence-electron chi connectivity index (χ0n) is 17.7. The van der Waals surface area contributed by atoms with E-state index in [0.717, 1.165) is 41.1 Å². The number of hydrogen-bond donors (Lipinski definition) is 1. The van der Waals surface area contributed by atoms with E-state index < -0.39 is 0 Å². The number of carbonyl (C=O) groups is 1. The Balaban J connectivity index is 1.35. The van der Waals surface area contributed by atoms with Crippen molar-refractivity contribution < 1.29 is 9.53 Å². The largest absolute Gasteiger partial charge is 0.489 e. The summed E-state index contributed by atoms with van der Waals surface area (Å²) in [5.74, 6) is 1.04. The van der Waals surface area contributed by atoms with E-state index in [1.807, 2.05) is 59.5 Å². The lowest BCUT2D eigenvalue weighted by atomic mass is 9.97. The highest BCUT2D eigenvalue weighted by Gasteiger charge is 2.30. The van der Waals surface area contributed by atoms with Crippen LogP contribution in [-0.4, -0.2) is 22.3 Å². The number of aromatic amines is 1. The van der Waals surface area contributed by atoms with Crippen molar-refractivity contribution in [2.75, 3.05) is 6.54 Å². The molecule has 0 bridgehead atoms. The average molecular weight is 411 g/mol. The maximum Gasteiger partial charge on any atom is 0.227 e. The molecule has 1 atom stereocenters. The van der Waals surface area contributed by atoms with E-state index in [1.165, 1.54) is 10.9 Å². The van der Waals surface area contributed by atoms with Crippen LogP contribution in [0.4, 0.5) is 0 Å². The van der Waals surface area contributed by atoms with Gasteiger partial charge in [0, 0.05) is 23.1 Å². The van der Waals surface area contributed by atoms with E-state index in [-0.39, 0.29) is 11.9 Å². The molecule has 31 heavy (non-hydrogen) atoms. The number of amides is 1. The van der Waals surface area contributed by atoms with Crippen molar-refractivity contribution in [3.63, 3.8) is 0 Å². The molecular formula is C27H26N2O2. The van der Waals surface area contributed by atoms with Gasteiger partial charge in [-0.1, -0.05) is 60.7 Å². The van der Waals surface area contributed by atoms with E-state index in [1.54, 1.807) is 0 Å². The molecule has 3 aromatic carbocycles. The van der Waals surface area contributed by atoms with Gasteiger partial charge in [-0.25, -0.2) is 0 Å². The molecule has 0 spiro atoms. The highest BCUT2D eigenvalue weighted by molar-refractivity contribution is 5.87. The Morgan fingerprint density at radius 3 is 2.45 bits per heavy atom. The van der Waals surface area contributed by atoms with Crippen LogP contribution < -0.4 is 4.74 Å². The Morgan fingerprint density at radius 2 is 1.71 bits per heavy atom. The second-order valence-electron chi connectivity index (χ2n) is 8.17. The summed E-state index contributed by atoms with van der Waals surface area (Å²) < 4.78 is 6.03. The fraction of sp³-hybridized carbons (Fsp3) is 0.222. The van der Waals surface area contributed by atoms with Crippen LogP contribution in [0.5, 0.6) is 5.75 Å². The summed E-state index contributed by atoms with van der Waals surface area (Å²) in [6, 6.07) is 26.4. The Hall–Kier alpha value is -3.53. The van der Waals surface area contributed by atoms with Crippen molar-refractivity contribution in [1.29, 1.82) is 0 Å². The Labute approximate surface area is 182 Å². The van der Waals surface area contributed by atoms with Gasteiger partial charge in [-0.15, -0.1) is 0 Å². The van der Waals surface area contributed by atoms with Gasteiger partial charge >= 0.3 is 0 Å². The van der Waals surface area contributed by atoms with Crippen molar-refractivity contribution in [2.24, 2.45) is 0 Å². The number of nitrogens with zero attached hydrogens (tertiary/aromatic N) is 1. The second-order valence-corrected chi connectivity index (χ2v) is 8.17. The van der Waals surface area contributed by atoms with Crippen molar-refractivity contribution in [2.45, 2.75) is 32.4 Å². The van der Waals surface area contributed by atoms with E-state index >= 15 is 0 Å². The average Bonchev–Trinajstić information content (AvgIpc) is 3.18. The van der Waals surface area contributed by atoms with Crippen LogP contribution in [0.3, 0.4) is 0 Å². The molecule has 1 aliphatic rings. The molecule has 0 radical (unpaired) electrons. The first-order valence-corrected chi connectivity index (χ1v) is 10.8. The second kappa shape index (κ2) is 8.31. The molecule has 0 saturated heterocycles. The van der Waals surface area contributed by atoms with Gasteiger partial charge in [0.15, 0.2) is 0 Å². The maximum atomic E-state index is 13.0. The summed E-state index contributed by atoms with van der Waals surface area (Å²) >= 11 is 0. The normalized spacial score (nSPS) is 15.6. The predicted molar refractivity (Wildman–Crippen MR) is 123 cm³/mol. The first-order valence-electron chi connectivity index (χ1n) is 10.8. The lowest BCUT2D eigenvalue weighted by Crippen LogP contribution is -2.39. The summed E-state index contributed by atoms with van der Waals surface area (Å²) in [6.07, 6.45) is 1.29. The van der Waals surface area contributed by atoms with Crippen LogP contribution in [-0.2, 0) is 24.2 Å². The highest BCUT2D eigenvalue weighted by atomic mass is 16.5. The van der Waals surface area contributed by atoms with Crippen LogP contribution >= 0.6 is 0 Å². The molecule has 4 nitrogen and oxygen atoms in total. The Morgan fingerprint density at radius 1 is 1.00 bits per heavy atom.